The number of carbonyl (C=O) groups excluding carboxylic acids is 1. The Balaban J connectivity index is 1.52. The highest BCUT2D eigenvalue weighted by atomic mass is 19.1. The van der Waals surface area contributed by atoms with Crippen molar-refractivity contribution in [1.29, 1.82) is 0 Å². The second-order valence-corrected chi connectivity index (χ2v) is 7.29. The number of hydrogen-bond donors (Lipinski definition) is 1. The minimum absolute atomic E-state index is 0.0909. The summed E-state index contributed by atoms with van der Waals surface area (Å²) in [7, 11) is 0. The zero-order valence-electron chi connectivity index (χ0n) is 14.5. The molecule has 1 aromatic rings. The fourth-order valence-corrected chi connectivity index (χ4v) is 4.51. The summed E-state index contributed by atoms with van der Waals surface area (Å²) < 4.78 is 19.3. The smallest absolute Gasteiger partial charge is 0.227 e. The van der Waals surface area contributed by atoms with Crippen LogP contribution in [0, 0.1) is 5.82 Å². The van der Waals surface area contributed by atoms with Crippen LogP contribution >= 0.6 is 0 Å². The summed E-state index contributed by atoms with van der Waals surface area (Å²) in [5.41, 5.74) is 0.741. The van der Waals surface area contributed by atoms with Crippen LogP contribution in [0.1, 0.15) is 18.4 Å². The molecular formula is C19H26FN3O2. The molecule has 0 bridgehead atoms. The molecule has 0 aliphatic carbocycles. The van der Waals surface area contributed by atoms with Crippen molar-refractivity contribution in [2.45, 2.75) is 37.4 Å². The van der Waals surface area contributed by atoms with Crippen LogP contribution in [0.2, 0.25) is 0 Å². The van der Waals surface area contributed by atoms with Crippen LogP contribution in [-0.2, 0) is 16.0 Å². The Morgan fingerprint density at radius 2 is 2.08 bits per heavy atom. The van der Waals surface area contributed by atoms with Gasteiger partial charge in [-0.1, -0.05) is 12.1 Å². The van der Waals surface area contributed by atoms with Crippen LogP contribution in [-0.4, -0.2) is 73.2 Å². The highest BCUT2D eigenvalue weighted by Crippen LogP contribution is 2.26. The molecule has 3 aliphatic rings. The van der Waals surface area contributed by atoms with E-state index in [9.17, 15) is 9.18 Å². The van der Waals surface area contributed by atoms with Gasteiger partial charge in [0.05, 0.1) is 37.8 Å². The second kappa shape index (κ2) is 7.40. The summed E-state index contributed by atoms with van der Waals surface area (Å²) in [5.74, 6) is -0.197. The number of hydrogen-bond acceptors (Lipinski definition) is 4. The van der Waals surface area contributed by atoms with Crippen LogP contribution in [0.25, 0.3) is 0 Å². The summed E-state index contributed by atoms with van der Waals surface area (Å²) in [6, 6.07) is 6.94. The van der Waals surface area contributed by atoms with Gasteiger partial charge in [0.15, 0.2) is 0 Å². The molecule has 6 heteroatoms. The minimum atomic E-state index is -0.288. The zero-order chi connectivity index (χ0) is 17.2. The van der Waals surface area contributed by atoms with E-state index in [4.69, 9.17) is 4.74 Å². The fourth-order valence-electron chi connectivity index (χ4n) is 4.51. The molecule has 3 saturated heterocycles. The molecule has 4 rings (SSSR count). The summed E-state index contributed by atoms with van der Waals surface area (Å²) in [6.07, 6.45) is 2.70. The molecule has 3 aliphatic heterocycles. The standard InChI is InChI=1S/C19H26FN3O2/c20-15-5-3-4-14(10-15)11-18(24)23-9-6-21-16-12-25-13-17(19(16)23)22-7-1-2-8-22/h3-5,10,16-17,19,21H,1-2,6-9,11-13H2/t16-,17?,19+/m1/s1. The number of benzene rings is 1. The first-order chi connectivity index (χ1) is 12.2. The number of nitrogens with one attached hydrogen (secondary N) is 1. The number of halogens is 1. The van der Waals surface area contributed by atoms with Gasteiger partial charge < -0.3 is 15.0 Å². The number of amides is 1. The van der Waals surface area contributed by atoms with Crippen LogP contribution in [0.3, 0.4) is 0 Å². The van der Waals surface area contributed by atoms with Crippen LogP contribution in [0.4, 0.5) is 4.39 Å². The summed E-state index contributed by atoms with van der Waals surface area (Å²) in [5, 5.41) is 3.53. The van der Waals surface area contributed by atoms with Gasteiger partial charge in [-0.3, -0.25) is 9.69 Å². The Morgan fingerprint density at radius 3 is 2.88 bits per heavy atom. The van der Waals surface area contributed by atoms with Gasteiger partial charge in [-0.2, -0.15) is 0 Å². The molecule has 1 amide bonds. The maximum Gasteiger partial charge on any atom is 0.227 e. The molecule has 1 N–H and O–H groups in total. The maximum atomic E-state index is 13.4. The Kier molecular flexibility index (Phi) is 5.01. The van der Waals surface area contributed by atoms with Crippen LogP contribution < -0.4 is 5.32 Å². The van der Waals surface area contributed by atoms with E-state index in [1.807, 2.05) is 11.0 Å². The highest BCUT2D eigenvalue weighted by molar-refractivity contribution is 5.79. The van der Waals surface area contributed by atoms with E-state index in [2.05, 4.69) is 10.2 Å². The van der Waals surface area contributed by atoms with E-state index in [1.54, 1.807) is 6.07 Å². The van der Waals surface area contributed by atoms with E-state index in [0.29, 0.717) is 19.8 Å². The van der Waals surface area contributed by atoms with Gasteiger partial charge in [-0.05, 0) is 43.6 Å². The minimum Gasteiger partial charge on any atom is -0.378 e. The number of nitrogens with zero attached hydrogens (tertiary/aromatic N) is 2. The lowest BCUT2D eigenvalue weighted by Crippen LogP contribution is -2.70. The molecule has 0 aromatic heterocycles. The quantitative estimate of drug-likeness (QED) is 0.887. The molecule has 1 unspecified atom stereocenters. The largest absolute Gasteiger partial charge is 0.378 e. The summed E-state index contributed by atoms with van der Waals surface area (Å²) in [4.78, 5) is 17.5. The van der Waals surface area contributed by atoms with E-state index in [0.717, 1.165) is 25.2 Å². The molecule has 3 heterocycles. The van der Waals surface area contributed by atoms with Gasteiger partial charge in [0.1, 0.15) is 5.82 Å². The lowest BCUT2D eigenvalue weighted by atomic mass is 9.92. The monoisotopic (exact) mass is 347 g/mol. The first-order valence-corrected chi connectivity index (χ1v) is 9.31. The van der Waals surface area contributed by atoms with Gasteiger partial charge in [0.25, 0.3) is 0 Å². The van der Waals surface area contributed by atoms with Crippen molar-refractivity contribution in [1.82, 2.24) is 15.1 Å². The summed E-state index contributed by atoms with van der Waals surface area (Å²) in [6.45, 7) is 5.00. The fraction of sp³-hybridized carbons (Fsp3) is 0.632. The molecule has 0 spiro atoms. The van der Waals surface area contributed by atoms with Gasteiger partial charge >= 0.3 is 0 Å². The predicted molar refractivity (Wildman–Crippen MR) is 92.8 cm³/mol. The third-order valence-electron chi connectivity index (χ3n) is 5.69. The molecular weight excluding hydrogens is 321 g/mol. The number of fused-ring (bicyclic) bond motifs is 1. The Hall–Kier alpha value is -1.50. The maximum absolute atomic E-state index is 13.4. The third kappa shape index (κ3) is 3.57. The lowest BCUT2D eigenvalue weighted by Gasteiger charge is -2.50. The van der Waals surface area contributed by atoms with Crippen molar-refractivity contribution in [3.05, 3.63) is 35.6 Å². The zero-order valence-corrected chi connectivity index (χ0v) is 14.5. The SMILES string of the molecule is O=C(Cc1cccc(F)c1)N1CCN[C@@H]2COCC(N3CCCC3)[C@H]21. The molecule has 136 valence electrons. The molecule has 3 atom stereocenters. The van der Waals surface area contributed by atoms with E-state index in [1.165, 1.54) is 25.0 Å². The van der Waals surface area contributed by atoms with E-state index >= 15 is 0 Å². The van der Waals surface area contributed by atoms with Gasteiger partial charge in [0.2, 0.25) is 5.91 Å². The number of carbonyl (C=O) groups is 1. The normalized spacial score (nSPS) is 30.3. The molecule has 5 nitrogen and oxygen atoms in total. The van der Waals surface area contributed by atoms with Crippen molar-refractivity contribution in [3.8, 4) is 0 Å². The molecule has 0 radical (unpaired) electrons. The Bertz CT molecular complexity index is 618. The highest BCUT2D eigenvalue weighted by Gasteiger charge is 2.44. The van der Waals surface area contributed by atoms with Crippen LogP contribution in [0.15, 0.2) is 24.3 Å². The van der Waals surface area contributed by atoms with Crippen LogP contribution in [0.5, 0.6) is 0 Å². The van der Waals surface area contributed by atoms with E-state index < -0.39 is 0 Å². The lowest BCUT2D eigenvalue weighted by molar-refractivity contribution is -0.142. The van der Waals surface area contributed by atoms with Crippen molar-refractivity contribution >= 4 is 5.91 Å². The predicted octanol–water partition coefficient (Wildman–Crippen LogP) is 1.03. The molecule has 0 saturated carbocycles. The molecule has 3 fully saturated rings. The Labute approximate surface area is 148 Å². The number of likely N-dealkylation sites (tertiary alicyclic amines) is 1. The van der Waals surface area contributed by atoms with Gasteiger partial charge in [-0.25, -0.2) is 4.39 Å². The van der Waals surface area contributed by atoms with Gasteiger partial charge in [0, 0.05) is 13.1 Å². The van der Waals surface area contributed by atoms with Gasteiger partial charge in [-0.15, -0.1) is 0 Å². The first-order valence-electron chi connectivity index (χ1n) is 9.31. The Morgan fingerprint density at radius 1 is 1.24 bits per heavy atom. The van der Waals surface area contributed by atoms with Crippen molar-refractivity contribution in [3.63, 3.8) is 0 Å². The second-order valence-electron chi connectivity index (χ2n) is 7.29. The third-order valence-corrected chi connectivity index (χ3v) is 5.69. The van der Waals surface area contributed by atoms with E-state index in [-0.39, 0.29) is 36.3 Å². The number of piperazine rings is 1. The molecule has 1 aromatic carbocycles. The average Bonchev–Trinajstić information content (AvgIpc) is 3.15. The summed E-state index contributed by atoms with van der Waals surface area (Å²) >= 11 is 0. The number of rotatable bonds is 3. The average molecular weight is 347 g/mol. The van der Waals surface area contributed by atoms with Crippen molar-refractivity contribution < 1.29 is 13.9 Å². The van der Waals surface area contributed by atoms with Crippen molar-refractivity contribution in [2.24, 2.45) is 0 Å². The van der Waals surface area contributed by atoms with Crippen molar-refractivity contribution in [2.75, 3.05) is 39.4 Å². The topological polar surface area (TPSA) is 44.8 Å². The number of ether oxygens (including phenoxy) is 1. The first kappa shape index (κ1) is 16.9. The molecule has 25 heavy (non-hydrogen) atoms.